The van der Waals surface area contributed by atoms with E-state index in [9.17, 15) is 0 Å². The van der Waals surface area contributed by atoms with Crippen molar-refractivity contribution in [1.29, 1.82) is 0 Å². The first-order chi connectivity index (χ1) is 15.2. The molecule has 0 atom stereocenters. The predicted octanol–water partition coefficient (Wildman–Crippen LogP) is 5.26. The number of methoxy groups -OCH3 is 2. The highest BCUT2D eigenvalue weighted by Crippen LogP contribution is 2.19. The molecule has 0 aliphatic carbocycles. The van der Waals surface area contributed by atoms with E-state index in [0.717, 1.165) is 34.0 Å². The van der Waals surface area contributed by atoms with Gasteiger partial charge in [0.1, 0.15) is 24.8 Å². The highest BCUT2D eigenvalue weighted by Gasteiger charge is 2.11. The molecule has 3 aromatic carbocycles. The molecule has 0 aliphatic rings. The molecule has 0 heterocycles. The third-order valence-corrected chi connectivity index (χ3v) is 4.78. The SMILES string of the molecule is C=[N+](C/C(=C/OCc1ccccc1)CNc1ccc(OC)cc1)c1ccc(OC)cc1. The van der Waals surface area contributed by atoms with Crippen LogP contribution in [0.25, 0.3) is 0 Å². The van der Waals surface area contributed by atoms with Crippen LogP contribution in [0.2, 0.25) is 0 Å². The average Bonchev–Trinajstić information content (AvgIpc) is 2.83. The minimum Gasteiger partial charge on any atom is -0.497 e. The minimum atomic E-state index is 0.520. The zero-order chi connectivity index (χ0) is 21.9. The standard InChI is InChI=1S/C26H29N2O3/c1-28(24-11-15-26(30-3)16-12-24)18-22(20-31-19-21-7-5-4-6-8-21)17-27-23-9-13-25(29-2)14-10-23/h4-16,20,27H,1,17-19H2,2-3H3/q+1/b22-20+. The van der Waals surface area contributed by atoms with Gasteiger partial charge < -0.3 is 19.5 Å². The van der Waals surface area contributed by atoms with Gasteiger partial charge in [-0.1, -0.05) is 30.3 Å². The summed E-state index contributed by atoms with van der Waals surface area (Å²) in [6.07, 6.45) is 1.82. The molecule has 3 rings (SSSR count). The van der Waals surface area contributed by atoms with E-state index in [4.69, 9.17) is 14.2 Å². The van der Waals surface area contributed by atoms with Crippen LogP contribution in [0, 0.1) is 0 Å². The Morgan fingerprint density at radius 3 is 2.10 bits per heavy atom. The van der Waals surface area contributed by atoms with Gasteiger partial charge in [-0.25, -0.2) is 4.58 Å². The fraction of sp³-hybridized carbons (Fsp3) is 0.192. The monoisotopic (exact) mass is 417 g/mol. The van der Waals surface area contributed by atoms with Crippen molar-refractivity contribution in [1.82, 2.24) is 0 Å². The van der Waals surface area contributed by atoms with Crippen LogP contribution in [-0.2, 0) is 11.3 Å². The summed E-state index contributed by atoms with van der Waals surface area (Å²) in [6.45, 7) is 5.96. The first-order valence-electron chi connectivity index (χ1n) is 10.1. The zero-order valence-electron chi connectivity index (χ0n) is 18.1. The van der Waals surface area contributed by atoms with Gasteiger partial charge in [-0.05, 0) is 42.0 Å². The summed E-state index contributed by atoms with van der Waals surface area (Å²) in [5.74, 6) is 1.65. The van der Waals surface area contributed by atoms with E-state index in [1.165, 1.54) is 0 Å². The normalized spacial score (nSPS) is 11.0. The summed E-state index contributed by atoms with van der Waals surface area (Å²) in [5.41, 5.74) is 4.20. The van der Waals surface area contributed by atoms with Gasteiger partial charge in [0.15, 0.2) is 6.54 Å². The molecule has 0 fully saturated rings. The summed E-state index contributed by atoms with van der Waals surface area (Å²) in [4.78, 5) is 0. The fourth-order valence-electron chi connectivity index (χ4n) is 3.02. The van der Waals surface area contributed by atoms with Crippen LogP contribution in [0.5, 0.6) is 11.5 Å². The molecule has 31 heavy (non-hydrogen) atoms. The van der Waals surface area contributed by atoms with Crippen LogP contribution in [0.15, 0.2) is 90.7 Å². The minimum absolute atomic E-state index is 0.520. The molecule has 5 heteroatoms. The number of rotatable bonds is 11. The maximum Gasteiger partial charge on any atom is 0.205 e. The van der Waals surface area contributed by atoms with Crippen LogP contribution in [0.4, 0.5) is 11.4 Å². The maximum absolute atomic E-state index is 5.88. The number of hydrogen-bond donors (Lipinski definition) is 1. The summed E-state index contributed by atoms with van der Waals surface area (Å²) < 4.78 is 18.3. The fourth-order valence-corrected chi connectivity index (χ4v) is 3.02. The summed E-state index contributed by atoms with van der Waals surface area (Å²) in [5, 5.41) is 3.44. The molecule has 0 amide bonds. The Bertz CT molecular complexity index is 981. The number of ether oxygens (including phenoxy) is 3. The number of anilines is 1. The van der Waals surface area contributed by atoms with Crippen molar-refractivity contribution in [3.05, 3.63) is 96.3 Å². The Morgan fingerprint density at radius 2 is 1.48 bits per heavy atom. The van der Waals surface area contributed by atoms with Crippen LogP contribution in [0.1, 0.15) is 5.56 Å². The molecular formula is C26H29N2O3+. The number of nitrogens with one attached hydrogen (secondary N) is 1. The molecule has 160 valence electrons. The molecule has 1 N–H and O–H groups in total. The predicted molar refractivity (Wildman–Crippen MR) is 126 cm³/mol. The Labute approximate surface area is 184 Å². The van der Waals surface area contributed by atoms with Crippen molar-refractivity contribution in [2.45, 2.75) is 6.61 Å². The molecule has 0 bridgehead atoms. The van der Waals surface area contributed by atoms with Gasteiger partial charge >= 0.3 is 0 Å². The van der Waals surface area contributed by atoms with Crippen molar-refractivity contribution in [2.75, 3.05) is 32.6 Å². The molecule has 0 spiro atoms. The lowest BCUT2D eigenvalue weighted by Crippen LogP contribution is -2.15. The number of hydrogen-bond acceptors (Lipinski definition) is 4. The molecule has 0 radical (unpaired) electrons. The van der Waals surface area contributed by atoms with Crippen LogP contribution < -0.4 is 14.8 Å². The summed E-state index contributed by atoms with van der Waals surface area (Å²) in [6, 6.07) is 25.8. The lowest BCUT2D eigenvalue weighted by Gasteiger charge is -2.11. The van der Waals surface area contributed by atoms with Gasteiger partial charge in [0.25, 0.3) is 0 Å². The molecule has 3 aromatic rings. The van der Waals surface area contributed by atoms with E-state index < -0.39 is 0 Å². The number of nitrogens with zero attached hydrogens (tertiary/aromatic N) is 1. The largest absolute Gasteiger partial charge is 0.497 e. The topological polar surface area (TPSA) is 42.7 Å². The van der Waals surface area contributed by atoms with Gasteiger partial charge in [-0.2, -0.15) is 0 Å². The van der Waals surface area contributed by atoms with Crippen molar-refractivity contribution >= 4 is 18.1 Å². The van der Waals surface area contributed by atoms with Gasteiger partial charge in [0.2, 0.25) is 5.69 Å². The van der Waals surface area contributed by atoms with Crippen molar-refractivity contribution in [3.63, 3.8) is 0 Å². The number of benzene rings is 3. The summed E-state index contributed by atoms with van der Waals surface area (Å²) in [7, 11) is 3.32. The van der Waals surface area contributed by atoms with E-state index in [2.05, 4.69) is 12.0 Å². The molecule has 0 aromatic heterocycles. The van der Waals surface area contributed by atoms with E-state index in [-0.39, 0.29) is 0 Å². The second-order valence-corrected chi connectivity index (χ2v) is 7.05. The second-order valence-electron chi connectivity index (χ2n) is 7.05. The third kappa shape index (κ3) is 6.93. The zero-order valence-corrected chi connectivity index (χ0v) is 18.1. The van der Waals surface area contributed by atoms with E-state index in [1.807, 2.05) is 89.7 Å². The molecule has 0 aliphatic heterocycles. The van der Waals surface area contributed by atoms with Crippen LogP contribution in [0.3, 0.4) is 0 Å². The first-order valence-corrected chi connectivity index (χ1v) is 10.1. The van der Waals surface area contributed by atoms with Gasteiger partial charge in [-0.3, -0.25) is 0 Å². The Morgan fingerprint density at radius 1 is 0.871 bits per heavy atom. The van der Waals surface area contributed by atoms with Gasteiger partial charge in [0, 0.05) is 29.9 Å². The van der Waals surface area contributed by atoms with E-state index >= 15 is 0 Å². The third-order valence-electron chi connectivity index (χ3n) is 4.78. The van der Waals surface area contributed by atoms with Crippen molar-refractivity contribution in [2.24, 2.45) is 0 Å². The van der Waals surface area contributed by atoms with Crippen LogP contribution in [-0.4, -0.2) is 38.6 Å². The molecule has 0 saturated heterocycles. The summed E-state index contributed by atoms with van der Waals surface area (Å²) >= 11 is 0. The smallest absolute Gasteiger partial charge is 0.205 e. The highest BCUT2D eigenvalue weighted by molar-refractivity contribution is 5.47. The van der Waals surface area contributed by atoms with E-state index in [0.29, 0.717) is 19.7 Å². The molecule has 0 saturated carbocycles. The molecular weight excluding hydrogens is 388 g/mol. The van der Waals surface area contributed by atoms with Crippen molar-refractivity contribution in [3.8, 4) is 11.5 Å². The Balaban J connectivity index is 1.67. The Kier molecular flexibility index (Phi) is 8.12. The lowest BCUT2D eigenvalue weighted by molar-refractivity contribution is -0.421. The molecule has 0 unspecified atom stereocenters. The Hall–Kier alpha value is -3.73. The lowest BCUT2D eigenvalue weighted by atomic mass is 10.2. The van der Waals surface area contributed by atoms with Gasteiger partial charge in [-0.15, -0.1) is 0 Å². The van der Waals surface area contributed by atoms with E-state index in [1.54, 1.807) is 14.2 Å². The quantitative estimate of drug-likeness (QED) is 0.262. The van der Waals surface area contributed by atoms with Gasteiger partial charge in [0.05, 0.1) is 20.5 Å². The van der Waals surface area contributed by atoms with Crippen molar-refractivity contribution < 1.29 is 18.8 Å². The van der Waals surface area contributed by atoms with Crippen LogP contribution >= 0.6 is 0 Å². The average molecular weight is 418 g/mol. The molecule has 5 nitrogen and oxygen atoms in total. The second kappa shape index (κ2) is 11.5. The maximum atomic E-state index is 5.88. The first kappa shape index (κ1) is 22.0. The highest BCUT2D eigenvalue weighted by atomic mass is 16.5.